The van der Waals surface area contributed by atoms with Gasteiger partial charge in [0.1, 0.15) is 5.75 Å². The molecule has 2 saturated carbocycles. The maximum atomic E-state index is 5.41. The smallest absolute Gasteiger partial charge is 0.166 e. The molecule has 0 amide bonds. The number of methoxy groups -OCH3 is 1. The zero-order chi connectivity index (χ0) is 13.9. The number of hydrogen-bond acceptors (Lipinski definition) is 2. The summed E-state index contributed by atoms with van der Waals surface area (Å²) in [6.07, 6.45) is 5.51. The summed E-state index contributed by atoms with van der Waals surface area (Å²) in [4.78, 5) is 0. The first-order valence-electron chi connectivity index (χ1n) is 7.42. The zero-order valence-electron chi connectivity index (χ0n) is 11.9. The van der Waals surface area contributed by atoms with Crippen molar-refractivity contribution in [3.8, 4) is 5.75 Å². The van der Waals surface area contributed by atoms with Crippen molar-refractivity contribution in [3.05, 3.63) is 29.8 Å². The lowest BCUT2D eigenvalue weighted by Crippen LogP contribution is -2.43. The highest BCUT2D eigenvalue weighted by molar-refractivity contribution is 7.80. The Labute approximate surface area is 126 Å². The Balaban J connectivity index is 1.44. The Kier molecular flexibility index (Phi) is 4.10. The number of thiocarbonyl (C=S) groups is 1. The van der Waals surface area contributed by atoms with Gasteiger partial charge in [0.2, 0.25) is 0 Å². The highest BCUT2D eigenvalue weighted by atomic mass is 32.1. The van der Waals surface area contributed by atoms with Crippen molar-refractivity contribution in [1.29, 1.82) is 0 Å². The lowest BCUT2D eigenvalue weighted by Gasteiger charge is -2.24. The Bertz CT molecular complexity index is 474. The van der Waals surface area contributed by atoms with E-state index in [0.717, 1.165) is 29.2 Å². The van der Waals surface area contributed by atoms with Crippen LogP contribution in [0.25, 0.3) is 0 Å². The van der Waals surface area contributed by atoms with E-state index in [4.69, 9.17) is 17.0 Å². The predicted octanol–water partition coefficient (Wildman–Crippen LogP) is 2.85. The van der Waals surface area contributed by atoms with Gasteiger partial charge in [-0.05, 0) is 61.0 Å². The van der Waals surface area contributed by atoms with E-state index in [-0.39, 0.29) is 0 Å². The van der Waals surface area contributed by atoms with Gasteiger partial charge in [0.25, 0.3) is 0 Å². The predicted molar refractivity (Wildman–Crippen MR) is 84.8 cm³/mol. The van der Waals surface area contributed by atoms with Crippen LogP contribution in [0.5, 0.6) is 5.75 Å². The molecule has 3 atom stereocenters. The first-order chi connectivity index (χ1) is 9.74. The van der Waals surface area contributed by atoms with E-state index in [9.17, 15) is 0 Å². The van der Waals surface area contributed by atoms with Gasteiger partial charge in [0.05, 0.1) is 7.11 Å². The molecular weight excluding hydrogens is 268 g/mol. The largest absolute Gasteiger partial charge is 0.497 e. The number of ether oxygens (including phenoxy) is 1. The van der Waals surface area contributed by atoms with E-state index >= 15 is 0 Å². The molecule has 0 radical (unpaired) electrons. The molecule has 0 heterocycles. The molecule has 3 rings (SSSR count). The second-order valence-electron chi connectivity index (χ2n) is 5.96. The highest BCUT2D eigenvalue weighted by Gasteiger charge is 2.39. The summed E-state index contributed by atoms with van der Waals surface area (Å²) in [5.41, 5.74) is 1.21. The molecular formula is C16H22N2OS. The molecule has 0 aromatic heterocycles. The first kappa shape index (κ1) is 13.7. The fourth-order valence-corrected chi connectivity index (χ4v) is 3.79. The van der Waals surface area contributed by atoms with Gasteiger partial charge in [-0.25, -0.2) is 0 Å². The third kappa shape index (κ3) is 3.06. The van der Waals surface area contributed by atoms with Gasteiger partial charge in [-0.2, -0.15) is 0 Å². The van der Waals surface area contributed by atoms with Gasteiger partial charge in [0, 0.05) is 12.6 Å². The molecule has 108 valence electrons. The van der Waals surface area contributed by atoms with Crippen LogP contribution in [0.2, 0.25) is 0 Å². The molecule has 1 aromatic carbocycles. The maximum absolute atomic E-state index is 5.41. The van der Waals surface area contributed by atoms with E-state index in [1.165, 1.54) is 31.2 Å². The summed E-state index contributed by atoms with van der Waals surface area (Å²) in [6.45, 7) is 0.761. The van der Waals surface area contributed by atoms with Gasteiger partial charge in [-0.3, -0.25) is 0 Å². The van der Waals surface area contributed by atoms with E-state index in [0.29, 0.717) is 6.04 Å². The molecule has 2 bridgehead atoms. The summed E-state index contributed by atoms with van der Waals surface area (Å²) in [6, 6.07) is 8.68. The Morgan fingerprint density at radius 1 is 1.25 bits per heavy atom. The van der Waals surface area contributed by atoms with Crippen molar-refractivity contribution in [2.75, 3.05) is 7.11 Å². The van der Waals surface area contributed by atoms with Crippen molar-refractivity contribution >= 4 is 17.3 Å². The third-order valence-corrected chi connectivity index (χ3v) is 4.93. The van der Waals surface area contributed by atoms with Gasteiger partial charge < -0.3 is 15.4 Å². The van der Waals surface area contributed by atoms with Crippen LogP contribution in [-0.4, -0.2) is 18.3 Å². The van der Waals surface area contributed by atoms with Crippen LogP contribution in [-0.2, 0) is 6.54 Å². The average Bonchev–Trinajstić information content (AvgIpc) is 3.08. The molecule has 0 unspecified atom stereocenters. The van der Waals surface area contributed by atoms with E-state index < -0.39 is 0 Å². The summed E-state index contributed by atoms with van der Waals surface area (Å²) >= 11 is 5.41. The van der Waals surface area contributed by atoms with Crippen LogP contribution in [0.3, 0.4) is 0 Å². The second kappa shape index (κ2) is 6.00. The van der Waals surface area contributed by atoms with E-state index in [2.05, 4.69) is 22.8 Å². The van der Waals surface area contributed by atoms with Crippen molar-refractivity contribution < 1.29 is 4.74 Å². The molecule has 3 nitrogen and oxygen atoms in total. The second-order valence-corrected chi connectivity index (χ2v) is 6.36. The normalized spacial score (nSPS) is 27.4. The molecule has 20 heavy (non-hydrogen) atoms. The van der Waals surface area contributed by atoms with Gasteiger partial charge in [0.15, 0.2) is 5.11 Å². The lowest BCUT2D eigenvalue weighted by atomic mass is 9.96. The van der Waals surface area contributed by atoms with Crippen LogP contribution in [0.4, 0.5) is 0 Å². The van der Waals surface area contributed by atoms with Gasteiger partial charge in [-0.15, -0.1) is 0 Å². The van der Waals surface area contributed by atoms with E-state index in [1.54, 1.807) is 7.11 Å². The number of benzene rings is 1. The van der Waals surface area contributed by atoms with Crippen molar-refractivity contribution in [3.63, 3.8) is 0 Å². The highest BCUT2D eigenvalue weighted by Crippen LogP contribution is 2.44. The minimum atomic E-state index is 0.601. The van der Waals surface area contributed by atoms with E-state index in [1.807, 2.05) is 12.1 Å². The van der Waals surface area contributed by atoms with Crippen molar-refractivity contribution in [2.45, 2.75) is 38.3 Å². The van der Waals surface area contributed by atoms with Crippen molar-refractivity contribution in [2.24, 2.45) is 11.8 Å². The SMILES string of the molecule is COc1ccc(CNC(=S)N[C@@H]2C[C@H]3CC[C@H]2C3)cc1. The summed E-state index contributed by atoms with van der Waals surface area (Å²) in [5.74, 6) is 2.68. The third-order valence-electron chi connectivity index (χ3n) is 4.67. The zero-order valence-corrected chi connectivity index (χ0v) is 12.7. The fourth-order valence-electron chi connectivity index (χ4n) is 3.57. The van der Waals surface area contributed by atoms with Crippen LogP contribution >= 0.6 is 12.2 Å². The first-order valence-corrected chi connectivity index (χ1v) is 7.82. The van der Waals surface area contributed by atoms with Crippen LogP contribution < -0.4 is 15.4 Å². The molecule has 2 aliphatic rings. The van der Waals surface area contributed by atoms with Gasteiger partial charge in [-0.1, -0.05) is 18.6 Å². The van der Waals surface area contributed by atoms with Gasteiger partial charge >= 0.3 is 0 Å². The monoisotopic (exact) mass is 290 g/mol. The molecule has 1 aromatic rings. The molecule has 0 spiro atoms. The number of rotatable bonds is 4. The molecule has 0 saturated heterocycles. The number of hydrogen-bond donors (Lipinski definition) is 2. The summed E-state index contributed by atoms with van der Waals surface area (Å²) in [5, 5.41) is 7.59. The quantitative estimate of drug-likeness (QED) is 0.836. The minimum absolute atomic E-state index is 0.601. The molecule has 4 heteroatoms. The summed E-state index contributed by atoms with van der Waals surface area (Å²) in [7, 11) is 1.68. The standard InChI is InChI=1S/C16H22N2OS/c1-19-14-6-3-11(4-7-14)10-17-16(20)18-15-9-12-2-5-13(15)8-12/h3-4,6-7,12-13,15H,2,5,8-10H2,1H3,(H2,17,18,20)/t12-,13-,15+/m0/s1. The molecule has 2 fully saturated rings. The maximum Gasteiger partial charge on any atom is 0.166 e. The van der Waals surface area contributed by atoms with Crippen LogP contribution in [0.15, 0.2) is 24.3 Å². The molecule has 2 N–H and O–H groups in total. The van der Waals surface area contributed by atoms with Crippen molar-refractivity contribution in [1.82, 2.24) is 10.6 Å². The molecule has 2 aliphatic carbocycles. The fraction of sp³-hybridized carbons (Fsp3) is 0.562. The minimum Gasteiger partial charge on any atom is -0.497 e. The van der Waals surface area contributed by atoms with Crippen LogP contribution in [0.1, 0.15) is 31.2 Å². The Hall–Kier alpha value is -1.29. The Morgan fingerprint density at radius 2 is 2.05 bits per heavy atom. The number of fused-ring (bicyclic) bond motifs is 2. The van der Waals surface area contributed by atoms with Crippen LogP contribution in [0, 0.1) is 11.8 Å². The Morgan fingerprint density at radius 3 is 2.65 bits per heavy atom. The number of nitrogens with one attached hydrogen (secondary N) is 2. The lowest BCUT2D eigenvalue weighted by molar-refractivity contribution is 0.389. The molecule has 0 aliphatic heterocycles. The summed E-state index contributed by atoms with van der Waals surface area (Å²) < 4.78 is 5.15. The average molecular weight is 290 g/mol. The topological polar surface area (TPSA) is 33.3 Å².